The number of nitro groups is 1. The van der Waals surface area contributed by atoms with E-state index < -0.39 is 4.92 Å². The molecule has 1 N–H and O–H groups in total. The van der Waals surface area contributed by atoms with Crippen LogP contribution in [0.15, 0.2) is 41.5 Å². The van der Waals surface area contributed by atoms with Gasteiger partial charge in [-0.2, -0.15) is 5.10 Å². The molecular formula is C16H14ClN3O4. The normalized spacial score (nSPS) is 13.5. The second-order valence-electron chi connectivity index (χ2n) is 5.06. The van der Waals surface area contributed by atoms with Crippen molar-refractivity contribution >= 4 is 29.2 Å². The van der Waals surface area contributed by atoms with Crippen molar-refractivity contribution in [2.45, 2.75) is 6.42 Å². The van der Waals surface area contributed by atoms with Crippen molar-refractivity contribution in [3.05, 3.63) is 57.1 Å². The molecule has 0 amide bonds. The van der Waals surface area contributed by atoms with Crippen LogP contribution in [0, 0.1) is 10.1 Å². The molecule has 1 aliphatic rings. The van der Waals surface area contributed by atoms with Gasteiger partial charge >= 0.3 is 0 Å². The number of hydrogen-bond donors (Lipinski definition) is 1. The summed E-state index contributed by atoms with van der Waals surface area (Å²) in [5.41, 5.74) is 3.98. The van der Waals surface area contributed by atoms with E-state index in [9.17, 15) is 10.1 Å². The van der Waals surface area contributed by atoms with Gasteiger partial charge in [0.05, 0.1) is 35.1 Å². The number of hydrogen-bond acceptors (Lipinski definition) is 6. The molecule has 0 bridgehead atoms. The number of ether oxygens (including phenoxy) is 2. The number of rotatable bonds is 4. The third-order valence-corrected chi connectivity index (χ3v) is 3.57. The zero-order chi connectivity index (χ0) is 16.9. The summed E-state index contributed by atoms with van der Waals surface area (Å²) in [4.78, 5) is 10.3. The molecule has 0 fully saturated rings. The Kier molecular flexibility index (Phi) is 4.81. The number of fused-ring (bicyclic) bond motifs is 1. The summed E-state index contributed by atoms with van der Waals surface area (Å²) >= 11 is 6.21. The van der Waals surface area contributed by atoms with E-state index in [1.54, 1.807) is 30.5 Å². The molecular weight excluding hydrogens is 334 g/mol. The molecule has 24 heavy (non-hydrogen) atoms. The average molecular weight is 348 g/mol. The van der Waals surface area contributed by atoms with Crippen LogP contribution in [0.2, 0.25) is 5.02 Å². The quantitative estimate of drug-likeness (QED) is 0.515. The minimum absolute atomic E-state index is 0.00572. The van der Waals surface area contributed by atoms with Crippen molar-refractivity contribution in [3.63, 3.8) is 0 Å². The summed E-state index contributed by atoms with van der Waals surface area (Å²) < 4.78 is 11.2. The van der Waals surface area contributed by atoms with Gasteiger partial charge in [-0.3, -0.25) is 15.5 Å². The van der Waals surface area contributed by atoms with Crippen LogP contribution in [-0.2, 0) is 0 Å². The van der Waals surface area contributed by atoms with Gasteiger partial charge in [0.2, 0.25) is 0 Å². The van der Waals surface area contributed by atoms with Crippen molar-refractivity contribution in [3.8, 4) is 11.5 Å². The summed E-state index contributed by atoms with van der Waals surface area (Å²) in [7, 11) is 0. The molecule has 0 saturated heterocycles. The van der Waals surface area contributed by atoms with Crippen LogP contribution in [0.4, 0.5) is 11.4 Å². The molecule has 1 heterocycles. The van der Waals surface area contributed by atoms with E-state index in [4.69, 9.17) is 21.1 Å². The minimum Gasteiger partial charge on any atom is -0.489 e. The molecule has 7 nitrogen and oxygen atoms in total. The van der Waals surface area contributed by atoms with E-state index in [1.165, 1.54) is 12.1 Å². The zero-order valence-electron chi connectivity index (χ0n) is 12.6. The molecule has 2 aromatic carbocycles. The van der Waals surface area contributed by atoms with Gasteiger partial charge < -0.3 is 9.47 Å². The fraction of sp³-hybridized carbons (Fsp3) is 0.188. The summed E-state index contributed by atoms with van der Waals surface area (Å²) in [5.74, 6) is 1.12. The second kappa shape index (κ2) is 7.18. The fourth-order valence-corrected chi connectivity index (χ4v) is 2.47. The standard InChI is InChI=1S/C16H14ClN3O4/c17-14-7-11(8-15-16(14)24-6-2-5-23-15)10-18-19-12-3-1-4-13(9-12)20(21)22/h1,3-4,7-10,19H,2,5-6H2/b18-10-. The molecule has 0 spiro atoms. The topological polar surface area (TPSA) is 86.0 Å². The Morgan fingerprint density at radius 3 is 2.92 bits per heavy atom. The van der Waals surface area contributed by atoms with E-state index in [2.05, 4.69) is 10.5 Å². The van der Waals surface area contributed by atoms with Gasteiger partial charge in [0.1, 0.15) is 0 Å². The first-order valence-corrected chi connectivity index (χ1v) is 7.64. The van der Waals surface area contributed by atoms with Gasteiger partial charge in [0.15, 0.2) is 11.5 Å². The third-order valence-electron chi connectivity index (χ3n) is 3.29. The molecule has 0 radical (unpaired) electrons. The molecule has 124 valence electrons. The lowest BCUT2D eigenvalue weighted by molar-refractivity contribution is -0.384. The lowest BCUT2D eigenvalue weighted by Crippen LogP contribution is -1.97. The molecule has 0 aliphatic carbocycles. The maximum absolute atomic E-state index is 10.7. The Bertz CT molecular complexity index is 795. The Labute approximate surface area is 143 Å². The van der Waals surface area contributed by atoms with Crippen LogP contribution in [0.3, 0.4) is 0 Å². The van der Waals surface area contributed by atoms with Gasteiger partial charge in [0.25, 0.3) is 5.69 Å². The fourth-order valence-electron chi connectivity index (χ4n) is 2.20. The molecule has 0 saturated carbocycles. The number of non-ortho nitro benzene ring substituents is 1. The minimum atomic E-state index is -0.460. The van der Waals surface area contributed by atoms with Gasteiger partial charge in [-0.15, -0.1) is 0 Å². The zero-order valence-corrected chi connectivity index (χ0v) is 13.3. The highest BCUT2D eigenvalue weighted by Crippen LogP contribution is 2.37. The maximum atomic E-state index is 10.7. The average Bonchev–Trinajstić information content (AvgIpc) is 2.81. The van der Waals surface area contributed by atoms with E-state index in [-0.39, 0.29) is 5.69 Å². The number of hydrazone groups is 1. The van der Waals surface area contributed by atoms with E-state index >= 15 is 0 Å². The molecule has 8 heteroatoms. The molecule has 2 aromatic rings. The number of nitrogens with one attached hydrogen (secondary N) is 1. The van der Waals surface area contributed by atoms with Gasteiger partial charge in [-0.1, -0.05) is 17.7 Å². The predicted molar refractivity (Wildman–Crippen MR) is 91.4 cm³/mol. The lowest BCUT2D eigenvalue weighted by Gasteiger charge is -2.09. The molecule has 0 aromatic heterocycles. The number of benzene rings is 2. The van der Waals surface area contributed by atoms with Gasteiger partial charge in [-0.25, -0.2) is 0 Å². The van der Waals surface area contributed by atoms with Gasteiger partial charge in [-0.05, 0) is 23.8 Å². The molecule has 0 atom stereocenters. The SMILES string of the molecule is O=[N+]([O-])c1cccc(N/N=C\c2cc(Cl)c3c(c2)OCCCO3)c1. The Morgan fingerprint density at radius 2 is 2.08 bits per heavy atom. The van der Waals surface area contributed by atoms with Gasteiger partial charge in [0, 0.05) is 18.6 Å². The van der Waals surface area contributed by atoms with E-state index in [1.807, 2.05) is 0 Å². The Hall–Kier alpha value is -2.80. The highest BCUT2D eigenvalue weighted by molar-refractivity contribution is 6.32. The third kappa shape index (κ3) is 3.75. The van der Waals surface area contributed by atoms with Crippen LogP contribution in [-0.4, -0.2) is 24.4 Å². The van der Waals surface area contributed by atoms with Crippen LogP contribution in [0.5, 0.6) is 11.5 Å². The predicted octanol–water partition coefficient (Wildman–Crippen LogP) is 3.86. The van der Waals surface area contributed by atoms with Crippen LogP contribution >= 0.6 is 11.6 Å². The number of nitro benzene ring substituents is 1. The first kappa shape index (κ1) is 16.1. The number of halogens is 1. The Morgan fingerprint density at radius 1 is 1.25 bits per heavy atom. The summed E-state index contributed by atoms with van der Waals surface area (Å²) in [5, 5.41) is 15.3. The van der Waals surface area contributed by atoms with Crippen LogP contribution < -0.4 is 14.9 Å². The summed E-state index contributed by atoms with van der Waals surface area (Å²) in [6, 6.07) is 9.58. The molecule has 3 rings (SSSR count). The van der Waals surface area contributed by atoms with E-state index in [0.29, 0.717) is 35.4 Å². The van der Waals surface area contributed by atoms with Crippen molar-refractivity contribution in [1.29, 1.82) is 0 Å². The lowest BCUT2D eigenvalue weighted by atomic mass is 10.2. The number of nitrogens with zero attached hydrogens (tertiary/aromatic N) is 2. The summed E-state index contributed by atoms with van der Waals surface area (Å²) in [6.45, 7) is 1.13. The first-order valence-electron chi connectivity index (χ1n) is 7.26. The smallest absolute Gasteiger partial charge is 0.271 e. The van der Waals surface area contributed by atoms with Crippen LogP contribution in [0.1, 0.15) is 12.0 Å². The van der Waals surface area contributed by atoms with Crippen molar-refractivity contribution in [2.24, 2.45) is 5.10 Å². The highest BCUT2D eigenvalue weighted by atomic mass is 35.5. The number of anilines is 1. The monoisotopic (exact) mass is 347 g/mol. The summed E-state index contributed by atoms with van der Waals surface area (Å²) in [6.07, 6.45) is 2.35. The van der Waals surface area contributed by atoms with Crippen molar-refractivity contribution in [1.82, 2.24) is 0 Å². The van der Waals surface area contributed by atoms with Crippen LogP contribution in [0.25, 0.3) is 0 Å². The highest BCUT2D eigenvalue weighted by Gasteiger charge is 2.15. The second-order valence-corrected chi connectivity index (χ2v) is 5.47. The first-order chi connectivity index (χ1) is 11.6. The van der Waals surface area contributed by atoms with Crippen molar-refractivity contribution < 1.29 is 14.4 Å². The molecule has 1 aliphatic heterocycles. The van der Waals surface area contributed by atoms with Crippen molar-refractivity contribution in [2.75, 3.05) is 18.6 Å². The Balaban J connectivity index is 1.75. The largest absolute Gasteiger partial charge is 0.489 e. The maximum Gasteiger partial charge on any atom is 0.271 e. The molecule has 0 unspecified atom stereocenters. The van der Waals surface area contributed by atoms with E-state index in [0.717, 1.165) is 12.0 Å².